The molecule has 2 aromatic heterocycles. The first kappa shape index (κ1) is 12.1. The molecule has 0 amide bonds. The summed E-state index contributed by atoms with van der Waals surface area (Å²) in [6.45, 7) is 2.38. The van der Waals surface area contributed by atoms with Crippen LogP contribution < -0.4 is 5.14 Å². The van der Waals surface area contributed by atoms with Gasteiger partial charge in [0.05, 0.1) is 6.20 Å². The number of nitrogens with zero attached hydrogens (tertiary/aromatic N) is 5. The third-order valence-corrected chi connectivity index (χ3v) is 3.47. The minimum Gasteiger partial charge on any atom is -0.296 e. The second kappa shape index (κ2) is 4.47. The van der Waals surface area contributed by atoms with Gasteiger partial charge in [-0.05, 0) is 18.0 Å². The number of hydrogen-bond donors (Lipinski definition) is 1. The molecule has 2 aromatic rings. The third kappa shape index (κ3) is 2.33. The molecule has 0 saturated heterocycles. The molecule has 10 heteroatoms. The first-order valence-electron chi connectivity index (χ1n) is 4.77. The van der Waals surface area contributed by atoms with Gasteiger partial charge in [-0.1, -0.05) is 11.4 Å². The number of rotatable bonds is 4. The number of sulfonamides is 1. The lowest BCUT2D eigenvalue weighted by atomic mass is 10.4. The maximum absolute atomic E-state index is 11.3. The topological polar surface area (TPSA) is 117 Å². The summed E-state index contributed by atoms with van der Waals surface area (Å²) in [4.78, 5) is 0.654. The second-order valence-electron chi connectivity index (χ2n) is 3.28. The van der Waals surface area contributed by atoms with E-state index >= 15 is 0 Å². The van der Waals surface area contributed by atoms with Gasteiger partial charge in [-0.15, -0.1) is 15.3 Å². The average Bonchev–Trinajstić information content (AvgIpc) is 2.82. The average molecular weight is 274 g/mol. The molecular weight excluding hydrogens is 264 g/mol. The Bertz CT molecular complexity index is 602. The Morgan fingerprint density at radius 2 is 2.24 bits per heavy atom. The Hall–Kier alpha value is -1.39. The van der Waals surface area contributed by atoms with E-state index in [0.717, 1.165) is 18.0 Å². The summed E-state index contributed by atoms with van der Waals surface area (Å²) in [5.41, 5.74) is 0. The van der Waals surface area contributed by atoms with Crippen molar-refractivity contribution >= 4 is 21.6 Å². The molecule has 2 N–H and O–H groups in total. The van der Waals surface area contributed by atoms with Gasteiger partial charge in [-0.3, -0.25) is 4.57 Å². The number of primary sulfonamides is 1. The van der Waals surface area contributed by atoms with Crippen molar-refractivity contribution in [3.63, 3.8) is 0 Å². The standard InChI is InChI=1S/C7H10N6O2S2/c1-2-3-13-6(5-4-9-12-16-5)10-11-7(13)17(8,14)15/h4H,2-3H2,1H3,(H2,8,14,15). The van der Waals surface area contributed by atoms with E-state index in [0.29, 0.717) is 17.2 Å². The predicted octanol–water partition coefficient (Wildman–Crippen LogP) is -0.146. The fraction of sp³-hybridized carbons (Fsp3) is 0.429. The number of aromatic nitrogens is 5. The van der Waals surface area contributed by atoms with Gasteiger partial charge in [-0.25, -0.2) is 13.6 Å². The molecule has 0 aliphatic heterocycles. The van der Waals surface area contributed by atoms with Crippen LogP contribution >= 0.6 is 11.5 Å². The summed E-state index contributed by atoms with van der Waals surface area (Å²) in [6, 6.07) is 0. The van der Waals surface area contributed by atoms with Crippen molar-refractivity contribution in [2.24, 2.45) is 5.14 Å². The number of hydrogen-bond acceptors (Lipinski definition) is 7. The summed E-state index contributed by atoms with van der Waals surface area (Å²) < 4.78 is 27.8. The van der Waals surface area contributed by atoms with E-state index in [2.05, 4.69) is 19.8 Å². The first-order valence-corrected chi connectivity index (χ1v) is 7.09. The zero-order chi connectivity index (χ0) is 12.5. The quantitative estimate of drug-likeness (QED) is 0.828. The molecule has 0 spiro atoms. The van der Waals surface area contributed by atoms with Gasteiger partial charge in [0.1, 0.15) is 4.88 Å². The van der Waals surface area contributed by atoms with Crippen molar-refractivity contribution in [2.45, 2.75) is 25.0 Å². The van der Waals surface area contributed by atoms with Crippen LogP contribution in [0, 0.1) is 0 Å². The molecule has 0 bridgehead atoms. The van der Waals surface area contributed by atoms with Crippen molar-refractivity contribution < 1.29 is 8.42 Å². The lowest BCUT2D eigenvalue weighted by Crippen LogP contribution is -2.18. The van der Waals surface area contributed by atoms with Crippen LogP contribution in [0.25, 0.3) is 10.7 Å². The van der Waals surface area contributed by atoms with Crippen LogP contribution in [0.1, 0.15) is 13.3 Å². The SMILES string of the molecule is CCCn1c(-c2cnns2)nnc1S(N)(=O)=O. The molecular formula is C7H10N6O2S2. The van der Waals surface area contributed by atoms with Gasteiger partial charge < -0.3 is 0 Å². The molecule has 0 aliphatic carbocycles. The van der Waals surface area contributed by atoms with Crippen LogP contribution in [0.5, 0.6) is 0 Å². The highest BCUT2D eigenvalue weighted by Gasteiger charge is 2.22. The minimum absolute atomic E-state index is 0.234. The zero-order valence-electron chi connectivity index (χ0n) is 8.94. The van der Waals surface area contributed by atoms with Crippen LogP contribution in [-0.4, -0.2) is 32.8 Å². The van der Waals surface area contributed by atoms with Crippen LogP contribution in [0.4, 0.5) is 0 Å². The fourth-order valence-electron chi connectivity index (χ4n) is 1.37. The molecule has 17 heavy (non-hydrogen) atoms. The Kier molecular flexibility index (Phi) is 3.17. The highest BCUT2D eigenvalue weighted by Crippen LogP contribution is 2.22. The highest BCUT2D eigenvalue weighted by molar-refractivity contribution is 7.89. The Morgan fingerprint density at radius 3 is 2.76 bits per heavy atom. The molecule has 0 saturated carbocycles. The summed E-state index contributed by atoms with van der Waals surface area (Å²) >= 11 is 1.12. The van der Waals surface area contributed by atoms with Crippen LogP contribution in [0.3, 0.4) is 0 Å². The molecule has 0 aliphatic rings. The largest absolute Gasteiger partial charge is 0.296 e. The Balaban J connectivity index is 2.59. The number of nitrogens with two attached hydrogens (primary N) is 1. The van der Waals surface area contributed by atoms with Crippen molar-refractivity contribution in [1.29, 1.82) is 0 Å². The van der Waals surface area contributed by atoms with Gasteiger partial charge in [0.2, 0.25) is 0 Å². The second-order valence-corrected chi connectivity index (χ2v) is 5.53. The Morgan fingerprint density at radius 1 is 1.47 bits per heavy atom. The summed E-state index contributed by atoms with van der Waals surface area (Å²) in [6.07, 6.45) is 2.24. The monoisotopic (exact) mass is 274 g/mol. The van der Waals surface area contributed by atoms with E-state index in [1.807, 2.05) is 6.92 Å². The predicted molar refractivity (Wildman–Crippen MR) is 60.6 cm³/mol. The van der Waals surface area contributed by atoms with E-state index in [9.17, 15) is 8.42 Å². The molecule has 8 nitrogen and oxygen atoms in total. The van der Waals surface area contributed by atoms with Crippen molar-refractivity contribution in [2.75, 3.05) is 0 Å². The van der Waals surface area contributed by atoms with Crippen LogP contribution in [-0.2, 0) is 16.6 Å². The van der Waals surface area contributed by atoms with Gasteiger partial charge in [0.25, 0.3) is 15.2 Å². The van der Waals surface area contributed by atoms with Crippen LogP contribution in [0.15, 0.2) is 11.4 Å². The van der Waals surface area contributed by atoms with Crippen molar-refractivity contribution in [3.05, 3.63) is 6.20 Å². The normalized spacial score (nSPS) is 11.9. The van der Waals surface area contributed by atoms with Gasteiger partial charge >= 0.3 is 0 Å². The molecule has 2 heterocycles. The lowest BCUT2D eigenvalue weighted by Gasteiger charge is -2.05. The molecule has 0 radical (unpaired) electrons. The minimum atomic E-state index is -3.87. The Labute approximate surface area is 102 Å². The lowest BCUT2D eigenvalue weighted by molar-refractivity contribution is 0.560. The molecule has 0 aromatic carbocycles. The fourth-order valence-corrected chi connectivity index (χ4v) is 2.52. The maximum atomic E-state index is 11.3. The molecule has 0 unspecified atom stereocenters. The van der Waals surface area contributed by atoms with E-state index in [1.54, 1.807) is 0 Å². The van der Waals surface area contributed by atoms with E-state index < -0.39 is 10.0 Å². The summed E-state index contributed by atoms with van der Waals surface area (Å²) in [5.74, 6) is 0.422. The summed E-state index contributed by atoms with van der Waals surface area (Å²) in [7, 11) is -3.87. The molecule has 0 fully saturated rings. The maximum Gasteiger partial charge on any atom is 0.273 e. The molecule has 2 rings (SSSR count). The van der Waals surface area contributed by atoms with Gasteiger partial charge in [-0.2, -0.15) is 0 Å². The molecule has 0 atom stereocenters. The van der Waals surface area contributed by atoms with Gasteiger partial charge in [0, 0.05) is 6.54 Å². The third-order valence-electron chi connectivity index (χ3n) is 2.00. The van der Waals surface area contributed by atoms with Crippen molar-refractivity contribution in [1.82, 2.24) is 24.4 Å². The van der Waals surface area contributed by atoms with E-state index in [-0.39, 0.29) is 5.16 Å². The highest BCUT2D eigenvalue weighted by atomic mass is 32.2. The van der Waals surface area contributed by atoms with Crippen molar-refractivity contribution in [3.8, 4) is 10.7 Å². The molecule has 92 valence electrons. The van der Waals surface area contributed by atoms with E-state index in [4.69, 9.17) is 5.14 Å². The smallest absolute Gasteiger partial charge is 0.273 e. The summed E-state index contributed by atoms with van der Waals surface area (Å²) in [5, 5.41) is 16.0. The van der Waals surface area contributed by atoms with Gasteiger partial charge in [0.15, 0.2) is 5.82 Å². The van der Waals surface area contributed by atoms with Crippen LogP contribution in [0.2, 0.25) is 0 Å². The zero-order valence-corrected chi connectivity index (χ0v) is 10.6. The first-order chi connectivity index (χ1) is 8.04. The van der Waals surface area contributed by atoms with E-state index in [1.165, 1.54) is 10.8 Å².